The first-order chi connectivity index (χ1) is 8.25. The first kappa shape index (κ1) is 13.8. The lowest BCUT2D eigenvalue weighted by Gasteiger charge is -2.48. The van der Waals surface area contributed by atoms with E-state index in [0.29, 0.717) is 24.0 Å². The average molecular weight is 250 g/mol. The Morgan fingerprint density at radius 3 is 2.39 bits per heavy atom. The number of ketones is 1. The summed E-state index contributed by atoms with van der Waals surface area (Å²) < 4.78 is 0. The molecule has 1 N–H and O–H groups in total. The van der Waals surface area contributed by atoms with Gasteiger partial charge in [0.25, 0.3) is 0 Å². The minimum absolute atomic E-state index is 0.0541. The highest BCUT2D eigenvalue weighted by Crippen LogP contribution is 2.51. The van der Waals surface area contributed by atoms with E-state index in [9.17, 15) is 9.90 Å². The number of allylic oxidation sites excluding steroid dienone is 1. The molecule has 2 bridgehead atoms. The molecule has 0 heterocycles. The normalized spacial score (nSPS) is 40.4. The van der Waals surface area contributed by atoms with Gasteiger partial charge in [0.05, 0.1) is 6.10 Å². The van der Waals surface area contributed by atoms with Crippen LogP contribution in [0.15, 0.2) is 11.1 Å². The van der Waals surface area contributed by atoms with Crippen LogP contribution in [0.1, 0.15) is 53.9 Å². The van der Waals surface area contributed by atoms with E-state index in [-0.39, 0.29) is 17.4 Å². The van der Waals surface area contributed by atoms with Gasteiger partial charge in [0.15, 0.2) is 0 Å². The zero-order valence-corrected chi connectivity index (χ0v) is 12.3. The summed E-state index contributed by atoms with van der Waals surface area (Å²) in [6, 6.07) is 0. The highest BCUT2D eigenvalue weighted by atomic mass is 16.3. The Morgan fingerprint density at radius 1 is 1.17 bits per heavy atom. The maximum atomic E-state index is 12.2. The number of carbonyl (C=O) groups is 1. The number of carbonyl (C=O) groups excluding carboxylic acids is 1. The molecule has 0 aromatic carbocycles. The van der Waals surface area contributed by atoms with Crippen LogP contribution in [0.2, 0.25) is 0 Å². The lowest BCUT2D eigenvalue weighted by molar-refractivity contribution is -0.125. The molecule has 18 heavy (non-hydrogen) atoms. The summed E-state index contributed by atoms with van der Waals surface area (Å²) in [5.41, 5.74) is 2.62. The maximum Gasteiger partial charge on any atom is 0.136 e. The van der Waals surface area contributed by atoms with Crippen molar-refractivity contribution in [1.82, 2.24) is 0 Å². The molecule has 4 atom stereocenters. The Morgan fingerprint density at radius 2 is 1.78 bits per heavy atom. The highest BCUT2D eigenvalue weighted by Gasteiger charge is 2.45. The van der Waals surface area contributed by atoms with E-state index in [1.165, 1.54) is 5.57 Å². The molecule has 2 nitrogen and oxygen atoms in total. The van der Waals surface area contributed by atoms with Crippen molar-refractivity contribution in [3.05, 3.63) is 11.1 Å². The standard InChI is InChI=1S/C16H26O2/c1-9-6-10(2)15-11(3)14(18)8-12(7-13(9)17)16(15,4)5/h9-10,12,14,18H,6-8H2,1-5H3/t9-,10-,12-,14-/m1/s1. The van der Waals surface area contributed by atoms with Gasteiger partial charge in [-0.3, -0.25) is 4.79 Å². The molecule has 0 amide bonds. The third-order valence-corrected chi connectivity index (χ3v) is 5.34. The molecule has 102 valence electrons. The van der Waals surface area contributed by atoms with Crippen molar-refractivity contribution in [3.63, 3.8) is 0 Å². The largest absolute Gasteiger partial charge is 0.389 e. The Labute approximate surface area is 110 Å². The van der Waals surface area contributed by atoms with Gasteiger partial charge >= 0.3 is 0 Å². The molecule has 1 fully saturated rings. The first-order valence-electron chi connectivity index (χ1n) is 7.17. The molecule has 0 aliphatic heterocycles. The molecule has 2 heteroatoms. The monoisotopic (exact) mass is 250 g/mol. The molecule has 0 saturated heterocycles. The van der Waals surface area contributed by atoms with Gasteiger partial charge < -0.3 is 5.11 Å². The molecular formula is C16H26O2. The minimum atomic E-state index is -0.346. The van der Waals surface area contributed by atoms with Gasteiger partial charge in [-0.05, 0) is 42.6 Å². The maximum absolute atomic E-state index is 12.2. The molecular weight excluding hydrogens is 224 g/mol. The van der Waals surface area contributed by atoms with Gasteiger partial charge in [-0.1, -0.05) is 33.3 Å². The second kappa shape index (κ2) is 4.48. The summed E-state index contributed by atoms with van der Waals surface area (Å²) >= 11 is 0. The van der Waals surface area contributed by atoms with Gasteiger partial charge in [-0.2, -0.15) is 0 Å². The van der Waals surface area contributed by atoms with Gasteiger partial charge in [0, 0.05) is 12.3 Å². The molecule has 0 unspecified atom stereocenters. The highest BCUT2D eigenvalue weighted by molar-refractivity contribution is 5.81. The van der Waals surface area contributed by atoms with Crippen LogP contribution in [0.25, 0.3) is 0 Å². The number of Topliss-reactive ketones (excluding diaryl/α,β-unsaturated/α-hetero) is 1. The van der Waals surface area contributed by atoms with Crippen LogP contribution >= 0.6 is 0 Å². The molecule has 2 aliphatic carbocycles. The molecule has 0 aromatic heterocycles. The zero-order valence-electron chi connectivity index (χ0n) is 12.3. The van der Waals surface area contributed by atoms with Gasteiger partial charge in [-0.15, -0.1) is 0 Å². The van der Waals surface area contributed by atoms with Crippen molar-refractivity contribution in [2.75, 3.05) is 0 Å². The lowest BCUT2D eigenvalue weighted by Crippen LogP contribution is -2.42. The van der Waals surface area contributed by atoms with Crippen LogP contribution in [-0.4, -0.2) is 17.0 Å². The van der Waals surface area contributed by atoms with Gasteiger partial charge in [-0.25, -0.2) is 0 Å². The first-order valence-corrected chi connectivity index (χ1v) is 7.17. The third kappa shape index (κ3) is 2.05. The third-order valence-electron chi connectivity index (χ3n) is 5.34. The van der Waals surface area contributed by atoms with E-state index in [0.717, 1.165) is 18.4 Å². The summed E-state index contributed by atoms with van der Waals surface area (Å²) in [6.45, 7) is 10.8. The topological polar surface area (TPSA) is 37.3 Å². The Bertz CT molecular complexity index is 392. The summed E-state index contributed by atoms with van der Waals surface area (Å²) in [6.07, 6.45) is 1.96. The van der Waals surface area contributed by atoms with Crippen LogP contribution in [0.4, 0.5) is 0 Å². The number of aliphatic hydroxyl groups is 1. The van der Waals surface area contributed by atoms with Crippen LogP contribution in [0.5, 0.6) is 0 Å². The van der Waals surface area contributed by atoms with E-state index in [1.807, 2.05) is 0 Å². The van der Waals surface area contributed by atoms with Crippen LogP contribution < -0.4 is 0 Å². The Hall–Kier alpha value is -0.630. The smallest absolute Gasteiger partial charge is 0.136 e. The fraction of sp³-hybridized carbons (Fsp3) is 0.812. The van der Waals surface area contributed by atoms with Crippen LogP contribution in [-0.2, 0) is 4.79 Å². The molecule has 2 rings (SSSR count). The molecule has 0 radical (unpaired) electrons. The zero-order chi connectivity index (χ0) is 13.7. The van der Waals surface area contributed by atoms with Crippen LogP contribution in [0.3, 0.4) is 0 Å². The molecule has 1 saturated carbocycles. The van der Waals surface area contributed by atoms with E-state index in [4.69, 9.17) is 0 Å². The Kier molecular flexibility index (Phi) is 3.44. The molecule has 0 spiro atoms. The predicted octanol–water partition coefficient (Wildman–Crippen LogP) is 3.35. The summed E-state index contributed by atoms with van der Waals surface area (Å²) in [5.74, 6) is 1.24. The number of hydrogen-bond donors (Lipinski definition) is 1. The fourth-order valence-corrected chi connectivity index (χ4v) is 4.23. The second-order valence-electron chi connectivity index (χ2n) is 6.98. The van der Waals surface area contributed by atoms with E-state index in [2.05, 4.69) is 34.6 Å². The van der Waals surface area contributed by atoms with Crippen molar-refractivity contribution < 1.29 is 9.90 Å². The average Bonchev–Trinajstić information content (AvgIpc) is 2.24. The van der Waals surface area contributed by atoms with E-state index in [1.54, 1.807) is 0 Å². The summed E-state index contributed by atoms with van der Waals surface area (Å²) in [4.78, 5) is 12.2. The summed E-state index contributed by atoms with van der Waals surface area (Å²) in [5, 5.41) is 10.2. The number of aliphatic hydroxyl groups excluding tert-OH is 1. The van der Waals surface area contributed by atoms with Crippen molar-refractivity contribution in [1.29, 1.82) is 0 Å². The van der Waals surface area contributed by atoms with Crippen molar-refractivity contribution in [2.24, 2.45) is 23.2 Å². The lowest BCUT2D eigenvalue weighted by atomic mass is 9.57. The minimum Gasteiger partial charge on any atom is -0.389 e. The van der Waals surface area contributed by atoms with E-state index < -0.39 is 0 Å². The van der Waals surface area contributed by atoms with Crippen molar-refractivity contribution >= 4 is 5.78 Å². The number of rotatable bonds is 0. The number of fused-ring (bicyclic) bond motifs is 2. The van der Waals surface area contributed by atoms with E-state index >= 15 is 0 Å². The SMILES string of the molecule is CC1=C2[C@H](C)C[C@@H](C)C(=O)C[C@H](C[C@H]1O)C2(C)C. The quantitative estimate of drug-likeness (QED) is 0.669. The second-order valence-corrected chi connectivity index (χ2v) is 6.98. The van der Waals surface area contributed by atoms with Crippen molar-refractivity contribution in [3.8, 4) is 0 Å². The Balaban J connectivity index is 2.51. The molecule has 2 aliphatic rings. The van der Waals surface area contributed by atoms with Crippen LogP contribution in [0, 0.1) is 23.2 Å². The summed E-state index contributed by atoms with van der Waals surface area (Å²) in [7, 11) is 0. The van der Waals surface area contributed by atoms with Gasteiger partial charge in [0.2, 0.25) is 0 Å². The number of hydrogen-bond acceptors (Lipinski definition) is 2. The fourth-order valence-electron chi connectivity index (χ4n) is 4.23. The van der Waals surface area contributed by atoms with Gasteiger partial charge in [0.1, 0.15) is 5.78 Å². The molecule has 0 aromatic rings. The predicted molar refractivity (Wildman–Crippen MR) is 73.2 cm³/mol. The van der Waals surface area contributed by atoms with Crippen molar-refractivity contribution in [2.45, 2.75) is 60.0 Å².